The third kappa shape index (κ3) is 3.79. The predicted octanol–water partition coefficient (Wildman–Crippen LogP) is 5.43. The van der Waals surface area contributed by atoms with Crippen LogP contribution in [-0.4, -0.2) is 30.3 Å². The van der Waals surface area contributed by atoms with Crippen molar-refractivity contribution >= 4 is 34.8 Å². The average molecular weight is 459 g/mol. The van der Waals surface area contributed by atoms with Gasteiger partial charge in [0, 0.05) is 29.7 Å². The maximum Gasteiger partial charge on any atom is 0.253 e. The summed E-state index contributed by atoms with van der Waals surface area (Å²) in [6, 6.07) is 8.88. The third-order valence-corrected chi connectivity index (χ3v) is 7.05. The molecule has 5 nitrogen and oxygen atoms in total. The number of fused-ring (bicyclic) bond motifs is 3. The minimum absolute atomic E-state index is 0.0259. The van der Waals surface area contributed by atoms with Crippen LogP contribution in [-0.2, 0) is 4.74 Å². The Morgan fingerprint density at radius 3 is 2.94 bits per heavy atom. The summed E-state index contributed by atoms with van der Waals surface area (Å²) in [4.78, 5) is 13.1. The van der Waals surface area contributed by atoms with E-state index in [1.165, 1.54) is 6.07 Å². The van der Waals surface area contributed by atoms with E-state index in [4.69, 9.17) is 27.9 Å². The molecule has 2 aromatic carbocycles. The highest BCUT2D eigenvalue weighted by Crippen LogP contribution is 2.52. The fourth-order valence-electron chi connectivity index (χ4n) is 5.05. The van der Waals surface area contributed by atoms with Crippen molar-refractivity contribution in [2.24, 2.45) is 5.92 Å². The first-order chi connectivity index (χ1) is 15.0. The Labute approximate surface area is 191 Å². The second-order valence-corrected chi connectivity index (χ2v) is 9.26. The van der Waals surface area contributed by atoms with Gasteiger partial charge in [0.1, 0.15) is 5.75 Å². The van der Waals surface area contributed by atoms with E-state index in [0.29, 0.717) is 22.7 Å². The van der Waals surface area contributed by atoms with Crippen LogP contribution >= 0.6 is 23.2 Å². The molecule has 0 bridgehead atoms. The minimum Gasteiger partial charge on any atom is -0.506 e. The van der Waals surface area contributed by atoms with Crippen LogP contribution in [0.4, 0.5) is 5.69 Å². The second-order valence-electron chi connectivity index (χ2n) is 8.42. The number of anilines is 1. The summed E-state index contributed by atoms with van der Waals surface area (Å²) in [5, 5.41) is 17.9. The Bertz CT molecular complexity index is 1050. The van der Waals surface area contributed by atoms with Crippen LogP contribution in [0, 0.1) is 5.92 Å². The van der Waals surface area contributed by atoms with Gasteiger partial charge in [0.25, 0.3) is 5.91 Å². The van der Waals surface area contributed by atoms with E-state index < -0.39 is 0 Å². The first kappa shape index (κ1) is 20.7. The molecule has 4 atom stereocenters. The van der Waals surface area contributed by atoms with E-state index in [2.05, 4.69) is 28.9 Å². The van der Waals surface area contributed by atoms with E-state index >= 15 is 0 Å². The fraction of sp³-hybridized carbons (Fsp3) is 0.375. The summed E-state index contributed by atoms with van der Waals surface area (Å²) in [5.74, 6) is 0.229. The summed E-state index contributed by atoms with van der Waals surface area (Å²) in [7, 11) is 0. The van der Waals surface area contributed by atoms with Gasteiger partial charge >= 0.3 is 0 Å². The molecule has 1 amide bonds. The van der Waals surface area contributed by atoms with Gasteiger partial charge in [-0.05, 0) is 48.9 Å². The SMILES string of the molecule is O=C(NCC1CCCO1)c1cccc2c1NC(c1cc(Cl)cc(Cl)c1O)C1CC=CC21. The van der Waals surface area contributed by atoms with Crippen LogP contribution in [0.15, 0.2) is 42.5 Å². The van der Waals surface area contributed by atoms with Crippen molar-refractivity contribution < 1.29 is 14.6 Å². The van der Waals surface area contributed by atoms with Gasteiger partial charge in [-0.3, -0.25) is 4.79 Å². The smallest absolute Gasteiger partial charge is 0.253 e. The molecule has 4 unspecified atom stereocenters. The molecule has 1 fully saturated rings. The van der Waals surface area contributed by atoms with E-state index in [-0.39, 0.29) is 40.7 Å². The largest absolute Gasteiger partial charge is 0.506 e. The number of hydrogen-bond acceptors (Lipinski definition) is 4. The van der Waals surface area contributed by atoms with Gasteiger partial charge < -0.3 is 20.5 Å². The zero-order valence-electron chi connectivity index (χ0n) is 16.9. The number of nitrogens with one attached hydrogen (secondary N) is 2. The van der Waals surface area contributed by atoms with Gasteiger partial charge in [0.2, 0.25) is 0 Å². The Kier molecular flexibility index (Phi) is 5.59. The monoisotopic (exact) mass is 458 g/mol. The highest BCUT2D eigenvalue weighted by atomic mass is 35.5. The van der Waals surface area contributed by atoms with E-state index in [1.807, 2.05) is 12.1 Å². The Hall–Kier alpha value is -2.21. The lowest BCUT2D eigenvalue weighted by Gasteiger charge is -2.38. The maximum absolute atomic E-state index is 13.1. The minimum atomic E-state index is -0.226. The molecule has 1 aliphatic carbocycles. The van der Waals surface area contributed by atoms with Gasteiger partial charge in [0.15, 0.2) is 0 Å². The molecule has 0 spiro atoms. The number of para-hydroxylation sites is 1. The van der Waals surface area contributed by atoms with Crippen LogP contribution in [0.1, 0.15) is 52.7 Å². The molecule has 162 valence electrons. The Morgan fingerprint density at radius 2 is 2.13 bits per heavy atom. The van der Waals surface area contributed by atoms with Crippen molar-refractivity contribution in [3.63, 3.8) is 0 Å². The molecule has 2 heterocycles. The van der Waals surface area contributed by atoms with Crippen molar-refractivity contribution in [3.05, 3.63) is 69.2 Å². The van der Waals surface area contributed by atoms with Crippen LogP contribution < -0.4 is 10.6 Å². The second kappa shape index (κ2) is 8.38. The molecule has 0 saturated carbocycles. The summed E-state index contributed by atoms with van der Waals surface area (Å²) in [6.07, 6.45) is 7.29. The lowest BCUT2D eigenvalue weighted by atomic mass is 9.76. The van der Waals surface area contributed by atoms with E-state index in [1.54, 1.807) is 6.07 Å². The molecule has 7 heteroatoms. The number of ether oxygens (including phenoxy) is 1. The van der Waals surface area contributed by atoms with Crippen molar-refractivity contribution in [1.29, 1.82) is 0 Å². The number of halogens is 2. The Morgan fingerprint density at radius 1 is 1.26 bits per heavy atom. The number of carbonyl (C=O) groups excluding carboxylic acids is 1. The van der Waals surface area contributed by atoms with Crippen molar-refractivity contribution in [2.45, 2.75) is 37.3 Å². The number of phenolic OH excluding ortho intramolecular Hbond substituents is 1. The van der Waals surface area contributed by atoms with Crippen LogP contribution in [0.3, 0.4) is 0 Å². The van der Waals surface area contributed by atoms with Gasteiger partial charge in [-0.2, -0.15) is 0 Å². The normalized spacial score (nSPS) is 26.3. The lowest BCUT2D eigenvalue weighted by molar-refractivity contribution is 0.0858. The number of phenols is 1. The standard InChI is InChI=1S/C24H24Cl2N2O3/c25-13-10-19(23(29)20(26)11-13)22-17-6-1-5-15(17)16-7-2-8-18(21(16)28-22)24(30)27-12-14-4-3-9-31-14/h1-2,5,7-8,10-11,14-15,17,22,28-29H,3-4,6,9,12H2,(H,27,30). The summed E-state index contributed by atoms with van der Waals surface area (Å²) < 4.78 is 5.63. The third-order valence-electron chi connectivity index (χ3n) is 6.55. The number of benzene rings is 2. The van der Waals surface area contributed by atoms with Crippen LogP contribution in [0.2, 0.25) is 10.0 Å². The molecule has 31 heavy (non-hydrogen) atoms. The molecule has 5 rings (SSSR count). The fourth-order valence-corrected chi connectivity index (χ4v) is 5.56. The Balaban J connectivity index is 1.50. The van der Waals surface area contributed by atoms with Gasteiger partial charge in [-0.15, -0.1) is 0 Å². The quantitative estimate of drug-likeness (QED) is 0.533. The van der Waals surface area contributed by atoms with Gasteiger partial charge in [0.05, 0.1) is 28.4 Å². The van der Waals surface area contributed by atoms with E-state index in [0.717, 1.165) is 37.1 Å². The maximum atomic E-state index is 13.1. The van der Waals surface area contributed by atoms with Crippen molar-refractivity contribution in [1.82, 2.24) is 5.32 Å². The first-order valence-electron chi connectivity index (χ1n) is 10.7. The summed E-state index contributed by atoms with van der Waals surface area (Å²) in [5.41, 5.74) is 3.12. The molecule has 3 aliphatic rings. The molecular formula is C24H24Cl2N2O3. The molecular weight excluding hydrogens is 435 g/mol. The number of aromatic hydroxyl groups is 1. The number of amides is 1. The number of carbonyl (C=O) groups is 1. The first-order valence-corrected chi connectivity index (χ1v) is 11.4. The van der Waals surface area contributed by atoms with Crippen molar-refractivity contribution in [3.8, 4) is 5.75 Å². The zero-order valence-corrected chi connectivity index (χ0v) is 18.4. The van der Waals surface area contributed by atoms with Gasteiger partial charge in [-0.1, -0.05) is 47.5 Å². The molecule has 0 radical (unpaired) electrons. The van der Waals surface area contributed by atoms with Crippen LogP contribution in [0.5, 0.6) is 5.75 Å². The molecule has 2 aliphatic heterocycles. The molecule has 1 saturated heterocycles. The zero-order chi connectivity index (χ0) is 21.5. The number of rotatable bonds is 4. The molecule has 0 aromatic heterocycles. The van der Waals surface area contributed by atoms with E-state index in [9.17, 15) is 9.90 Å². The molecule has 3 N–H and O–H groups in total. The highest BCUT2D eigenvalue weighted by molar-refractivity contribution is 6.35. The predicted molar refractivity (Wildman–Crippen MR) is 122 cm³/mol. The molecule has 2 aromatic rings. The van der Waals surface area contributed by atoms with Gasteiger partial charge in [-0.25, -0.2) is 0 Å². The van der Waals surface area contributed by atoms with Crippen LogP contribution in [0.25, 0.3) is 0 Å². The van der Waals surface area contributed by atoms with Crippen molar-refractivity contribution in [2.75, 3.05) is 18.5 Å². The lowest BCUT2D eigenvalue weighted by Crippen LogP contribution is -2.34. The summed E-state index contributed by atoms with van der Waals surface area (Å²) in [6.45, 7) is 1.26. The number of allylic oxidation sites excluding steroid dienone is 2. The topological polar surface area (TPSA) is 70.6 Å². The summed E-state index contributed by atoms with van der Waals surface area (Å²) >= 11 is 12.5. The average Bonchev–Trinajstić information content (AvgIpc) is 3.46. The highest BCUT2D eigenvalue weighted by Gasteiger charge is 2.40. The number of hydrogen-bond donors (Lipinski definition) is 3.